The van der Waals surface area contributed by atoms with Gasteiger partial charge in [0.25, 0.3) is 5.91 Å². The topological polar surface area (TPSA) is 117 Å². The van der Waals surface area contributed by atoms with Gasteiger partial charge in [-0.2, -0.15) is 5.26 Å². The number of imide groups is 1. The Hall–Kier alpha value is -3.47. The van der Waals surface area contributed by atoms with Crippen LogP contribution in [0, 0.1) is 23.2 Å². The van der Waals surface area contributed by atoms with Crippen LogP contribution < -0.4 is 5.32 Å². The first-order valence-corrected chi connectivity index (χ1v) is 9.41. The van der Waals surface area contributed by atoms with Crippen LogP contribution in [0.15, 0.2) is 36.4 Å². The Kier molecular flexibility index (Phi) is 6.39. The van der Waals surface area contributed by atoms with E-state index in [1.165, 1.54) is 0 Å². The first-order valence-electron chi connectivity index (χ1n) is 9.41. The molecule has 1 aromatic rings. The van der Waals surface area contributed by atoms with Crippen molar-refractivity contribution < 1.29 is 23.9 Å². The van der Waals surface area contributed by atoms with Crippen molar-refractivity contribution in [2.45, 2.75) is 25.7 Å². The number of esters is 1. The Morgan fingerprint density at radius 1 is 1.10 bits per heavy atom. The van der Waals surface area contributed by atoms with Crippen LogP contribution in [-0.2, 0) is 30.3 Å². The van der Waals surface area contributed by atoms with Gasteiger partial charge in [0.2, 0.25) is 11.8 Å². The molecule has 0 bridgehead atoms. The highest BCUT2D eigenvalue weighted by Crippen LogP contribution is 2.34. The molecule has 0 saturated carbocycles. The van der Waals surface area contributed by atoms with Gasteiger partial charge >= 0.3 is 5.97 Å². The Bertz CT molecular complexity index is 859. The third kappa shape index (κ3) is 4.88. The van der Waals surface area contributed by atoms with E-state index < -0.39 is 18.5 Å². The summed E-state index contributed by atoms with van der Waals surface area (Å²) in [5.41, 5.74) is 1.36. The van der Waals surface area contributed by atoms with E-state index in [2.05, 4.69) is 5.32 Å². The number of hydrogen-bond donors (Lipinski definition) is 1. The van der Waals surface area contributed by atoms with Gasteiger partial charge in [0.05, 0.1) is 30.7 Å². The number of likely N-dealkylation sites (tertiary alicyclic amines) is 1. The highest BCUT2D eigenvalue weighted by atomic mass is 16.5. The molecule has 2 atom stereocenters. The fraction of sp³-hybridized carbons (Fsp3) is 0.381. The summed E-state index contributed by atoms with van der Waals surface area (Å²) in [5, 5.41) is 11.2. The number of amides is 3. The van der Waals surface area contributed by atoms with Gasteiger partial charge in [-0.25, -0.2) is 0 Å². The number of allylic oxidation sites excluding steroid dienone is 2. The fourth-order valence-corrected chi connectivity index (χ4v) is 3.50. The van der Waals surface area contributed by atoms with Crippen molar-refractivity contribution in [3.63, 3.8) is 0 Å². The summed E-state index contributed by atoms with van der Waals surface area (Å²) in [6.07, 6.45) is 5.04. The smallest absolute Gasteiger partial charge is 0.308 e. The molecule has 0 radical (unpaired) electrons. The number of benzene rings is 1. The van der Waals surface area contributed by atoms with Gasteiger partial charge in [0.1, 0.15) is 0 Å². The van der Waals surface area contributed by atoms with Gasteiger partial charge < -0.3 is 10.1 Å². The third-order valence-electron chi connectivity index (χ3n) is 5.02. The predicted octanol–water partition coefficient (Wildman–Crippen LogP) is 1.58. The molecule has 29 heavy (non-hydrogen) atoms. The quantitative estimate of drug-likeness (QED) is 0.426. The molecule has 1 aliphatic heterocycles. The Labute approximate surface area is 168 Å². The number of nitrogens with zero attached hydrogens (tertiary/aromatic N) is 2. The molecule has 1 N–H and O–H groups in total. The van der Waals surface area contributed by atoms with Gasteiger partial charge in [-0.3, -0.25) is 24.1 Å². The van der Waals surface area contributed by atoms with E-state index in [1.54, 1.807) is 24.3 Å². The molecule has 8 heteroatoms. The largest absolute Gasteiger partial charge is 0.456 e. The lowest BCUT2D eigenvalue weighted by Crippen LogP contribution is -2.33. The summed E-state index contributed by atoms with van der Waals surface area (Å²) in [6.45, 7) is -0.499. The van der Waals surface area contributed by atoms with Crippen molar-refractivity contribution in [3.8, 4) is 6.07 Å². The number of carbonyl (C=O) groups is 4. The van der Waals surface area contributed by atoms with E-state index in [4.69, 9.17) is 10.00 Å². The molecule has 1 fully saturated rings. The van der Waals surface area contributed by atoms with Crippen molar-refractivity contribution in [2.75, 3.05) is 18.5 Å². The van der Waals surface area contributed by atoms with Gasteiger partial charge in [0.15, 0.2) is 6.61 Å². The number of carbonyl (C=O) groups excluding carboxylic acids is 4. The number of hydrogen-bond acceptors (Lipinski definition) is 6. The van der Waals surface area contributed by atoms with Crippen LogP contribution in [0.1, 0.15) is 24.8 Å². The summed E-state index contributed by atoms with van der Waals surface area (Å²) < 4.78 is 4.93. The zero-order valence-corrected chi connectivity index (χ0v) is 15.8. The van der Waals surface area contributed by atoms with E-state index in [9.17, 15) is 19.2 Å². The second kappa shape index (κ2) is 9.15. The maximum Gasteiger partial charge on any atom is 0.308 e. The average molecular weight is 395 g/mol. The minimum atomic E-state index is -0.655. The molecular weight excluding hydrogens is 374 g/mol. The second-order valence-corrected chi connectivity index (χ2v) is 6.97. The molecule has 150 valence electrons. The van der Waals surface area contributed by atoms with E-state index in [1.807, 2.05) is 18.2 Å². The summed E-state index contributed by atoms with van der Waals surface area (Å²) in [5.74, 6) is -2.29. The summed E-state index contributed by atoms with van der Waals surface area (Å²) in [6, 6.07) is 8.80. The molecule has 0 spiro atoms. The summed E-state index contributed by atoms with van der Waals surface area (Å²) in [4.78, 5) is 49.6. The van der Waals surface area contributed by atoms with Crippen molar-refractivity contribution >= 4 is 29.4 Å². The molecule has 3 amide bonds. The predicted molar refractivity (Wildman–Crippen MR) is 102 cm³/mol. The van der Waals surface area contributed by atoms with E-state index in [0.29, 0.717) is 18.5 Å². The maximum atomic E-state index is 12.3. The molecular formula is C21H21N3O5. The van der Waals surface area contributed by atoms with Gasteiger partial charge in [-0.05, 0) is 30.5 Å². The molecule has 1 aliphatic carbocycles. The summed E-state index contributed by atoms with van der Waals surface area (Å²) >= 11 is 0. The molecule has 1 heterocycles. The lowest BCUT2D eigenvalue weighted by atomic mass is 9.85. The van der Waals surface area contributed by atoms with Crippen molar-refractivity contribution in [1.82, 2.24) is 4.90 Å². The maximum absolute atomic E-state index is 12.3. The lowest BCUT2D eigenvalue weighted by Gasteiger charge is -2.14. The first kappa shape index (κ1) is 20.3. The molecule has 1 saturated heterocycles. The van der Waals surface area contributed by atoms with Gasteiger partial charge in [-0.15, -0.1) is 0 Å². The van der Waals surface area contributed by atoms with Crippen LogP contribution in [0.4, 0.5) is 5.69 Å². The lowest BCUT2D eigenvalue weighted by molar-refractivity contribution is -0.148. The molecule has 0 unspecified atom stereocenters. The minimum absolute atomic E-state index is 0.0362. The van der Waals surface area contributed by atoms with Crippen LogP contribution in [0.5, 0.6) is 0 Å². The van der Waals surface area contributed by atoms with E-state index in [0.717, 1.165) is 10.5 Å². The van der Waals surface area contributed by atoms with Crippen LogP contribution in [0.25, 0.3) is 0 Å². The molecule has 3 rings (SSSR count). The van der Waals surface area contributed by atoms with Crippen LogP contribution in [-0.4, -0.2) is 41.7 Å². The molecule has 2 aliphatic rings. The zero-order chi connectivity index (χ0) is 20.8. The van der Waals surface area contributed by atoms with Gasteiger partial charge in [-0.1, -0.05) is 24.3 Å². The molecule has 8 nitrogen and oxygen atoms in total. The normalized spacial score (nSPS) is 20.2. The number of nitriles is 1. The number of nitrogens with one attached hydrogen (secondary N) is 1. The second-order valence-electron chi connectivity index (χ2n) is 6.97. The molecule has 0 aromatic heterocycles. The standard InChI is InChI=1S/C21H21N3O5/c22-11-9-14-5-7-15(8-6-14)23-18(25)13-29-19(26)10-12-24-20(27)16-3-1-2-4-17(16)21(24)28/h1-2,5-8,16-17H,3-4,9-10,12-13H2,(H,23,25)/t16-,17-/m0/s1. The Balaban J connectivity index is 1.41. The zero-order valence-electron chi connectivity index (χ0n) is 15.8. The summed E-state index contributed by atoms with van der Waals surface area (Å²) in [7, 11) is 0. The highest BCUT2D eigenvalue weighted by Gasteiger charge is 2.46. The monoisotopic (exact) mass is 395 g/mol. The van der Waals surface area contributed by atoms with Crippen molar-refractivity contribution in [1.29, 1.82) is 5.26 Å². The van der Waals surface area contributed by atoms with Crippen LogP contribution >= 0.6 is 0 Å². The minimum Gasteiger partial charge on any atom is -0.456 e. The number of anilines is 1. The fourth-order valence-electron chi connectivity index (χ4n) is 3.50. The van der Waals surface area contributed by atoms with Crippen LogP contribution in [0.2, 0.25) is 0 Å². The Morgan fingerprint density at radius 3 is 2.31 bits per heavy atom. The van der Waals surface area contributed by atoms with E-state index in [-0.39, 0.29) is 43.0 Å². The van der Waals surface area contributed by atoms with E-state index >= 15 is 0 Å². The third-order valence-corrected chi connectivity index (χ3v) is 5.02. The average Bonchev–Trinajstić information content (AvgIpc) is 2.97. The SMILES string of the molecule is N#CCc1ccc(NC(=O)COC(=O)CCN2C(=O)[C@H]3CC=CC[C@@H]3C2=O)cc1. The van der Waals surface area contributed by atoms with Crippen LogP contribution in [0.3, 0.4) is 0 Å². The number of fused-ring (bicyclic) bond motifs is 1. The number of rotatable bonds is 7. The number of ether oxygens (including phenoxy) is 1. The highest BCUT2D eigenvalue weighted by molar-refractivity contribution is 6.05. The first-order chi connectivity index (χ1) is 14.0. The Morgan fingerprint density at radius 2 is 1.72 bits per heavy atom. The van der Waals surface area contributed by atoms with Crippen molar-refractivity contribution in [2.24, 2.45) is 11.8 Å². The molecule has 1 aromatic carbocycles. The van der Waals surface area contributed by atoms with Gasteiger partial charge in [0, 0.05) is 12.2 Å². The van der Waals surface area contributed by atoms with Crippen molar-refractivity contribution in [3.05, 3.63) is 42.0 Å².